The van der Waals surface area contributed by atoms with Gasteiger partial charge in [0.15, 0.2) is 24.7 Å². The van der Waals surface area contributed by atoms with Crippen molar-refractivity contribution < 1.29 is 28.5 Å². The molecule has 1 saturated heterocycles. The Morgan fingerprint density at radius 2 is 1.65 bits per heavy atom. The second-order valence-electron chi connectivity index (χ2n) is 8.14. The van der Waals surface area contributed by atoms with E-state index in [4.69, 9.17) is 18.9 Å². The maximum Gasteiger partial charge on any atom is 0.277 e. The van der Waals surface area contributed by atoms with E-state index in [2.05, 4.69) is 10.5 Å². The van der Waals surface area contributed by atoms with Crippen molar-refractivity contribution in [3.63, 3.8) is 0 Å². The number of hydrazone groups is 1. The van der Waals surface area contributed by atoms with E-state index in [1.54, 1.807) is 23.1 Å². The minimum Gasteiger partial charge on any atom is -0.493 e. The summed E-state index contributed by atoms with van der Waals surface area (Å²) in [5.74, 6) is 1.00. The van der Waals surface area contributed by atoms with E-state index in [9.17, 15) is 9.59 Å². The Kier molecular flexibility index (Phi) is 9.09. The van der Waals surface area contributed by atoms with Gasteiger partial charge >= 0.3 is 0 Å². The molecule has 0 saturated carbocycles. The zero-order chi connectivity index (χ0) is 25.9. The maximum atomic E-state index is 12.3. The lowest BCUT2D eigenvalue weighted by Gasteiger charge is -2.26. The first-order valence-corrected chi connectivity index (χ1v) is 11.9. The maximum absolute atomic E-state index is 12.3. The van der Waals surface area contributed by atoms with Crippen LogP contribution in [0.3, 0.4) is 0 Å². The van der Waals surface area contributed by atoms with Crippen LogP contribution in [0.15, 0.2) is 77.9 Å². The molecule has 0 spiro atoms. The Morgan fingerprint density at radius 3 is 2.43 bits per heavy atom. The van der Waals surface area contributed by atoms with E-state index < -0.39 is 5.91 Å². The highest BCUT2D eigenvalue weighted by Gasteiger charge is 2.18. The molecule has 3 aromatic carbocycles. The topological polar surface area (TPSA) is 98.7 Å². The quantitative estimate of drug-likeness (QED) is 0.337. The van der Waals surface area contributed by atoms with E-state index in [0.717, 1.165) is 11.1 Å². The van der Waals surface area contributed by atoms with Crippen molar-refractivity contribution in [2.75, 3.05) is 46.6 Å². The summed E-state index contributed by atoms with van der Waals surface area (Å²) in [5, 5.41) is 4.00. The average Bonchev–Trinajstić information content (AvgIpc) is 2.96. The molecule has 0 aliphatic carbocycles. The summed E-state index contributed by atoms with van der Waals surface area (Å²) < 4.78 is 22.1. The average molecular weight is 504 g/mol. The molecule has 0 aromatic heterocycles. The first-order chi connectivity index (χ1) is 18.1. The van der Waals surface area contributed by atoms with Gasteiger partial charge in [0.25, 0.3) is 11.8 Å². The Balaban J connectivity index is 1.28. The molecule has 1 aliphatic rings. The summed E-state index contributed by atoms with van der Waals surface area (Å²) in [6, 6.07) is 22.5. The molecule has 0 atom stereocenters. The van der Waals surface area contributed by atoms with Gasteiger partial charge in [-0.15, -0.1) is 0 Å². The van der Waals surface area contributed by atoms with Crippen molar-refractivity contribution >= 4 is 18.0 Å². The van der Waals surface area contributed by atoms with Crippen molar-refractivity contribution in [3.8, 4) is 28.4 Å². The monoisotopic (exact) mass is 503 g/mol. The molecular weight excluding hydrogens is 474 g/mol. The number of nitrogens with one attached hydrogen (secondary N) is 1. The number of para-hydroxylation sites is 1. The number of methoxy groups -OCH3 is 1. The summed E-state index contributed by atoms with van der Waals surface area (Å²) in [4.78, 5) is 26.3. The fourth-order valence-corrected chi connectivity index (χ4v) is 3.73. The SMILES string of the molecule is COc1cc(/C=N/NC(=O)COc2ccccc2-c2ccccc2)ccc1OCC(=O)N1CCOCC1. The molecule has 1 aliphatic heterocycles. The summed E-state index contributed by atoms with van der Waals surface area (Å²) in [6.45, 7) is 1.91. The smallest absolute Gasteiger partial charge is 0.277 e. The van der Waals surface area contributed by atoms with Crippen LogP contribution in [0.4, 0.5) is 0 Å². The lowest BCUT2D eigenvalue weighted by atomic mass is 10.1. The van der Waals surface area contributed by atoms with Crippen LogP contribution in [0, 0.1) is 0 Å². The first kappa shape index (κ1) is 25.7. The van der Waals surface area contributed by atoms with Gasteiger partial charge in [0, 0.05) is 18.7 Å². The zero-order valence-electron chi connectivity index (χ0n) is 20.6. The van der Waals surface area contributed by atoms with E-state index in [1.807, 2.05) is 54.6 Å². The number of ether oxygens (including phenoxy) is 4. The van der Waals surface area contributed by atoms with E-state index >= 15 is 0 Å². The Hall–Kier alpha value is -4.37. The van der Waals surface area contributed by atoms with E-state index in [1.165, 1.54) is 13.3 Å². The molecule has 4 rings (SSSR count). The fourth-order valence-electron chi connectivity index (χ4n) is 3.73. The van der Waals surface area contributed by atoms with Crippen molar-refractivity contribution in [2.24, 2.45) is 5.10 Å². The van der Waals surface area contributed by atoms with Gasteiger partial charge in [-0.25, -0.2) is 5.43 Å². The Labute approximate surface area is 215 Å². The molecule has 2 amide bonds. The highest BCUT2D eigenvalue weighted by atomic mass is 16.5. The predicted molar refractivity (Wildman–Crippen MR) is 139 cm³/mol. The third-order valence-electron chi connectivity index (χ3n) is 5.64. The predicted octanol–water partition coefficient (Wildman–Crippen LogP) is 3.13. The van der Waals surface area contributed by atoms with Gasteiger partial charge in [0.2, 0.25) is 0 Å². The van der Waals surface area contributed by atoms with Crippen LogP contribution in [-0.2, 0) is 14.3 Å². The number of morpholine rings is 1. The van der Waals surface area contributed by atoms with Crippen LogP contribution < -0.4 is 19.6 Å². The molecule has 192 valence electrons. The lowest BCUT2D eigenvalue weighted by Crippen LogP contribution is -2.43. The number of nitrogens with zero attached hydrogens (tertiary/aromatic N) is 2. The van der Waals surface area contributed by atoms with Crippen molar-refractivity contribution in [1.29, 1.82) is 0 Å². The molecule has 3 aromatic rings. The molecule has 1 heterocycles. The third kappa shape index (κ3) is 7.31. The molecule has 9 nitrogen and oxygen atoms in total. The fraction of sp³-hybridized carbons (Fsp3) is 0.250. The second kappa shape index (κ2) is 13.1. The highest BCUT2D eigenvalue weighted by molar-refractivity contribution is 5.84. The Morgan fingerprint density at radius 1 is 0.919 bits per heavy atom. The van der Waals surface area contributed by atoms with Crippen LogP contribution in [0.2, 0.25) is 0 Å². The third-order valence-corrected chi connectivity index (χ3v) is 5.64. The number of carbonyl (C=O) groups is 2. The van der Waals surface area contributed by atoms with Gasteiger partial charge in [-0.05, 0) is 35.4 Å². The second-order valence-corrected chi connectivity index (χ2v) is 8.14. The van der Waals surface area contributed by atoms with Crippen LogP contribution in [0.25, 0.3) is 11.1 Å². The van der Waals surface area contributed by atoms with Gasteiger partial charge in [0.1, 0.15) is 5.75 Å². The standard InChI is InChI=1S/C28H29N3O6/c1-34-26-17-21(11-12-25(26)37-20-28(33)31-13-15-35-16-14-31)18-29-30-27(32)19-36-24-10-6-5-9-23(24)22-7-3-2-4-8-22/h2-12,17-18H,13-16,19-20H2,1H3,(H,30,32)/b29-18+. The van der Waals surface area contributed by atoms with Crippen molar-refractivity contribution in [1.82, 2.24) is 10.3 Å². The normalized spacial score (nSPS) is 13.3. The summed E-state index contributed by atoms with van der Waals surface area (Å²) in [5.41, 5.74) is 5.05. The molecule has 0 radical (unpaired) electrons. The number of carbonyl (C=O) groups excluding carboxylic acids is 2. The van der Waals surface area contributed by atoms with Crippen molar-refractivity contribution in [3.05, 3.63) is 78.4 Å². The van der Waals surface area contributed by atoms with Gasteiger partial charge < -0.3 is 23.8 Å². The van der Waals surface area contributed by atoms with Crippen LogP contribution in [0.1, 0.15) is 5.56 Å². The first-order valence-electron chi connectivity index (χ1n) is 11.9. The molecule has 0 bridgehead atoms. The molecule has 1 N–H and O–H groups in total. The van der Waals surface area contributed by atoms with Gasteiger partial charge in [-0.1, -0.05) is 48.5 Å². The number of hydrogen-bond acceptors (Lipinski definition) is 7. The minimum absolute atomic E-state index is 0.0900. The van der Waals surface area contributed by atoms with E-state index in [-0.39, 0.29) is 19.1 Å². The summed E-state index contributed by atoms with van der Waals surface area (Å²) in [6.07, 6.45) is 1.49. The van der Waals surface area contributed by atoms with Gasteiger partial charge in [-0.2, -0.15) is 5.10 Å². The largest absolute Gasteiger partial charge is 0.493 e. The summed E-state index contributed by atoms with van der Waals surface area (Å²) in [7, 11) is 1.51. The molecular formula is C28H29N3O6. The highest BCUT2D eigenvalue weighted by Crippen LogP contribution is 2.29. The number of benzene rings is 3. The van der Waals surface area contributed by atoms with Gasteiger partial charge in [0.05, 0.1) is 26.5 Å². The lowest BCUT2D eigenvalue weighted by molar-refractivity contribution is -0.137. The van der Waals surface area contributed by atoms with Crippen LogP contribution in [0.5, 0.6) is 17.2 Å². The van der Waals surface area contributed by atoms with E-state index in [0.29, 0.717) is 49.1 Å². The summed E-state index contributed by atoms with van der Waals surface area (Å²) >= 11 is 0. The number of rotatable bonds is 10. The Bertz CT molecular complexity index is 1230. The minimum atomic E-state index is -0.396. The molecule has 37 heavy (non-hydrogen) atoms. The van der Waals surface area contributed by atoms with Crippen LogP contribution in [-0.4, -0.2) is 69.6 Å². The van der Waals surface area contributed by atoms with Crippen molar-refractivity contribution in [2.45, 2.75) is 0 Å². The molecule has 9 heteroatoms. The molecule has 1 fully saturated rings. The zero-order valence-corrected chi connectivity index (χ0v) is 20.6. The molecule has 0 unspecified atom stereocenters. The number of hydrogen-bond donors (Lipinski definition) is 1. The van der Waals surface area contributed by atoms with Crippen LogP contribution >= 0.6 is 0 Å². The van der Waals surface area contributed by atoms with Gasteiger partial charge in [-0.3, -0.25) is 9.59 Å². The number of amides is 2.